The molecule has 0 aliphatic heterocycles. The van der Waals surface area contributed by atoms with E-state index < -0.39 is 5.91 Å². The second kappa shape index (κ2) is 5.75. The van der Waals surface area contributed by atoms with Crippen LogP contribution < -0.4 is 16.4 Å². The van der Waals surface area contributed by atoms with Crippen molar-refractivity contribution in [3.05, 3.63) is 30.3 Å². The van der Waals surface area contributed by atoms with E-state index in [-0.39, 0.29) is 18.5 Å². The summed E-state index contributed by atoms with van der Waals surface area (Å²) >= 11 is 0. The third-order valence-corrected chi connectivity index (χ3v) is 1.92. The topological polar surface area (TPSA) is 84.2 Å². The lowest BCUT2D eigenvalue weighted by atomic mass is 10.2. The molecule has 5 nitrogen and oxygen atoms in total. The molecule has 86 valence electrons. The zero-order chi connectivity index (χ0) is 12.0. The van der Waals surface area contributed by atoms with Gasteiger partial charge >= 0.3 is 6.03 Å². The first-order chi connectivity index (χ1) is 7.58. The van der Waals surface area contributed by atoms with E-state index >= 15 is 0 Å². The molecule has 0 unspecified atom stereocenters. The molecule has 5 heteroatoms. The van der Waals surface area contributed by atoms with Crippen LogP contribution in [0.3, 0.4) is 0 Å². The van der Waals surface area contributed by atoms with E-state index in [1.54, 1.807) is 19.1 Å². The van der Waals surface area contributed by atoms with Gasteiger partial charge in [0.15, 0.2) is 0 Å². The third kappa shape index (κ3) is 4.45. The van der Waals surface area contributed by atoms with E-state index in [0.29, 0.717) is 5.69 Å². The second-order valence-electron chi connectivity index (χ2n) is 3.54. The van der Waals surface area contributed by atoms with Gasteiger partial charge in [0.25, 0.3) is 0 Å². The van der Waals surface area contributed by atoms with Gasteiger partial charge in [0.05, 0.1) is 0 Å². The van der Waals surface area contributed by atoms with Crippen LogP contribution in [-0.4, -0.2) is 18.0 Å². The van der Waals surface area contributed by atoms with Gasteiger partial charge in [-0.05, 0) is 19.1 Å². The molecule has 1 atom stereocenters. The zero-order valence-electron chi connectivity index (χ0n) is 9.07. The fraction of sp³-hybridized carbons (Fsp3) is 0.273. The number of nitrogens with two attached hydrogens (primary N) is 1. The number of hydrogen-bond acceptors (Lipinski definition) is 2. The molecule has 16 heavy (non-hydrogen) atoms. The first-order valence-electron chi connectivity index (χ1n) is 4.99. The zero-order valence-corrected chi connectivity index (χ0v) is 9.07. The molecular formula is C11H15N3O2. The van der Waals surface area contributed by atoms with Crippen molar-refractivity contribution in [2.45, 2.75) is 19.4 Å². The number of amides is 3. The number of hydrogen-bond donors (Lipinski definition) is 3. The highest BCUT2D eigenvalue weighted by Crippen LogP contribution is 2.04. The highest BCUT2D eigenvalue weighted by Gasteiger charge is 2.09. The molecule has 0 radical (unpaired) electrons. The number of primary amides is 1. The smallest absolute Gasteiger partial charge is 0.319 e. The summed E-state index contributed by atoms with van der Waals surface area (Å²) in [5.41, 5.74) is 5.71. The van der Waals surface area contributed by atoms with Crippen molar-refractivity contribution in [1.29, 1.82) is 0 Å². The average Bonchev–Trinajstić information content (AvgIpc) is 2.17. The van der Waals surface area contributed by atoms with E-state index in [4.69, 9.17) is 5.73 Å². The SMILES string of the molecule is C[C@@H](CC(N)=O)NC(=O)Nc1ccccc1. The van der Waals surface area contributed by atoms with E-state index in [1.165, 1.54) is 0 Å². The number of para-hydroxylation sites is 1. The quantitative estimate of drug-likeness (QED) is 0.710. The molecule has 4 N–H and O–H groups in total. The van der Waals surface area contributed by atoms with Crippen molar-refractivity contribution >= 4 is 17.6 Å². The molecule has 1 rings (SSSR count). The molecule has 1 aromatic rings. The molecule has 0 aliphatic carbocycles. The first kappa shape index (κ1) is 12.0. The standard InChI is InChI=1S/C11H15N3O2/c1-8(7-10(12)15)13-11(16)14-9-5-3-2-4-6-9/h2-6,8H,7H2,1H3,(H2,12,15)(H2,13,14,16)/t8-/m0/s1. The Labute approximate surface area is 94.0 Å². The Morgan fingerprint density at radius 1 is 1.31 bits per heavy atom. The Bertz CT molecular complexity index is 365. The minimum atomic E-state index is -0.437. The van der Waals surface area contributed by atoms with Gasteiger partial charge in [-0.15, -0.1) is 0 Å². The Balaban J connectivity index is 2.39. The Kier molecular flexibility index (Phi) is 4.32. The summed E-state index contributed by atoms with van der Waals surface area (Å²) in [5, 5.41) is 5.25. The molecule has 3 amide bonds. The summed E-state index contributed by atoms with van der Waals surface area (Å²) < 4.78 is 0. The fourth-order valence-electron chi connectivity index (χ4n) is 1.27. The molecule has 0 aliphatic rings. The summed E-state index contributed by atoms with van der Waals surface area (Å²) in [4.78, 5) is 22.0. The van der Waals surface area contributed by atoms with Crippen molar-refractivity contribution in [2.24, 2.45) is 5.73 Å². The van der Waals surface area contributed by atoms with Crippen LogP contribution in [0.25, 0.3) is 0 Å². The number of carbonyl (C=O) groups excluding carboxylic acids is 2. The Hall–Kier alpha value is -2.04. The predicted molar refractivity (Wildman–Crippen MR) is 61.9 cm³/mol. The number of carbonyl (C=O) groups is 2. The normalized spacial score (nSPS) is 11.6. The lowest BCUT2D eigenvalue weighted by Gasteiger charge is -2.12. The minimum absolute atomic E-state index is 0.127. The summed E-state index contributed by atoms with van der Waals surface area (Å²) in [7, 11) is 0. The van der Waals surface area contributed by atoms with Crippen LogP contribution in [0.4, 0.5) is 10.5 Å². The monoisotopic (exact) mass is 221 g/mol. The Morgan fingerprint density at radius 2 is 1.94 bits per heavy atom. The van der Waals surface area contributed by atoms with Crippen LogP contribution in [0.1, 0.15) is 13.3 Å². The van der Waals surface area contributed by atoms with Gasteiger partial charge in [-0.1, -0.05) is 18.2 Å². The van der Waals surface area contributed by atoms with Gasteiger partial charge in [-0.2, -0.15) is 0 Å². The van der Waals surface area contributed by atoms with Gasteiger partial charge in [-0.3, -0.25) is 4.79 Å². The molecular weight excluding hydrogens is 206 g/mol. The minimum Gasteiger partial charge on any atom is -0.370 e. The fourth-order valence-corrected chi connectivity index (χ4v) is 1.27. The van der Waals surface area contributed by atoms with Crippen LogP contribution in [0.5, 0.6) is 0 Å². The predicted octanol–water partition coefficient (Wildman–Crippen LogP) is 1.07. The van der Waals surface area contributed by atoms with Crippen LogP contribution in [-0.2, 0) is 4.79 Å². The van der Waals surface area contributed by atoms with Crippen molar-refractivity contribution in [3.8, 4) is 0 Å². The molecule has 0 bridgehead atoms. The van der Waals surface area contributed by atoms with E-state index in [0.717, 1.165) is 0 Å². The van der Waals surface area contributed by atoms with Gasteiger partial charge in [-0.25, -0.2) is 4.79 Å². The van der Waals surface area contributed by atoms with Gasteiger partial charge in [0.1, 0.15) is 0 Å². The van der Waals surface area contributed by atoms with E-state index in [1.807, 2.05) is 18.2 Å². The molecule has 0 saturated heterocycles. The summed E-state index contributed by atoms with van der Waals surface area (Å²) in [6, 6.07) is 8.43. The maximum Gasteiger partial charge on any atom is 0.319 e. The van der Waals surface area contributed by atoms with Crippen LogP contribution in [0.2, 0.25) is 0 Å². The largest absolute Gasteiger partial charge is 0.370 e. The van der Waals surface area contributed by atoms with Crippen molar-refractivity contribution in [3.63, 3.8) is 0 Å². The number of benzene rings is 1. The third-order valence-electron chi connectivity index (χ3n) is 1.92. The van der Waals surface area contributed by atoms with E-state index in [2.05, 4.69) is 10.6 Å². The highest BCUT2D eigenvalue weighted by molar-refractivity contribution is 5.89. The van der Waals surface area contributed by atoms with Crippen LogP contribution in [0, 0.1) is 0 Å². The Morgan fingerprint density at radius 3 is 2.50 bits per heavy atom. The number of urea groups is 1. The lowest BCUT2D eigenvalue weighted by molar-refractivity contribution is -0.118. The van der Waals surface area contributed by atoms with Gasteiger partial charge in [0.2, 0.25) is 5.91 Å². The van der Waals surface area contributed by atoms with Gasteiger partial charge < -0.3 is 16.4 Å². The van der Waals surface area contributed by atoms with Crippen molar-refractivity contribution < 1.29 is 9.59 Å². The number of anilines is 1. The highest BCUT2D eigenvalue weighted by atomic mass is 16.2. The van der Waals surface area contributed by atoms with Gasteiger partial charge in [0, 0.05) is 18.2 Å². The summed E-state index contributed by atoms with van der Waals surface area (Å²) in [6.45, 7) is 1.72. The van der Waals surface area contributed by atoms with E-state index in [9.17, 15) is 9.59 Å². The maximum atomic E-state index is 11.4. The van der Waals surface area contributed by atoms with Crippen LogP contribution in [0.15, 0.2) is 30.3 Å². The molecule has 0 spiro atoms. The molecule has 0 saturated carbocycles. The number of rotatable bonds is 4. The average molecular weight is 221 g/mol. The van der Waals surface area contributed by atoms with Crippen molar-refractivity contribution in [1.82, 2.24) is 5.32 Å². The summed E-state index contributed by atoms with van der Waals surface area (Å²) in [6.07, 6.45) is 0.127. The maximum absolute atomic E-state index is 11.4. The van der Waals surface area contributed by atoms with Crippen LogP contribution >= 0.6 is 0 Å². The summed E-state index contributed by atoms with van der Waals surface area (Å²) in [5.74, 6) is -0.437. The molecule has 1 aromatic carbocycles. The lowest BCUT2D eigenvalue weighted by Crippen LogP contribution is -2.38. The molecule has 0 heterocycles. The molecule has 0 aromatic heterocycles. The van der Waals surface area contributed by atoms with Crippen molar-refractivity contribution in [2.75, 3.05) is 5.32 Å². The second-order valence-corrected chi connectivity index (χ2v) is 3.54. The first-order valence-corrected chi connectivity index (χ1v) is 4.99. The molecule has 0 fully saturated rings. The number of nitrogens with one attached hydrogen (secondary N) is 2.